The van der Waals surface area contributed by atoms with E-state index in [0.717, 1.165) is 9.87 Å². The van der Waals surface area contributed by atoms with Gasteiger partial charge in [-0.1, -0.05) is 72.3 Å². The van der Waals surface area contributed by atoms with Crippen molar-refractivity contribution in [3.05, 3.63) is 95.5 Å². The number of nitrogens with zero attached hydrogens (tertiary/aromatic N) is 2. The van der Waals surface area contributed by atoms with Crippen LogP contribution < -0.4 is 9.62 Å². The molecule has 2 amide bonds. The van der Waals surface area contributed by atoms with Gasteiger partial charge in [0.05, 0.1) is 15.6 Å². The molecule has 0 unspecified atom stereocenters. The van der Waals surface area contributed by atoms with Crippen molar-refractivity contribution >= 4 is 39.1 Å². The van der Waals surface area contributed by atoms with Gasteiger partial charge in [0.15, 0.2) is 0 Å². The molecule has 7 nitrogen and oxygen atoms in total. The second kappa shape index (κ2) is 11.8. The van der Waals surface area contributed by atoms with Gasteiger partial charge in [0.1, 0.15) is 12.6 Å². The van der Waals surface area contributed by atoms with Gasteiger partial charge in [0.2, 0.25) is 11.8 Å². The molecule has 37 heavy (non-hydrogen) atoms. The Kier molecular flexibility index (Phi) is 8.99. The third-order valence-corrected chi connectivity index (χ3v) is 7.69. The number of carbonyl (C=O) groups is 2. The summed E-state index contributed by atoms with van der Waals surface area (Å²) in [6, 6.07) is 22.7. The molecule has 0 saturated heterocycles. The molecule has 0 fully saturated rings. The summed E-state index contributed by atoms with van der Waals surface area (Å²) in [5.74, 6) is -0.883. The van der Waals surface area contributed by atoms with E-state index >= 15 is 0 Å². The Labute approximate surface area is 224 Å². The lowest BCUT2D eigenvalue weighted by atomic mass is 10.1. The highest BCUT2D eigenvalue weighted by Crippen LogP contribution is 2.30. The van der Waals surface area contributed by atoms with E-state index in [4.69, 9.17) is 11.6 Å². The topological polar surface area (TPSA) is 86.8 Å². The van der Waals surface area contributed by atoms with E-state index in [1.165, 1.54) is 17.0 Å². The molecule has 3 rings (SSSR count). The van der Waals surface area contributed by atoms with Gasteiger partial charge in [-0.2, -0.15) is 0 Å². The lowest BCUT2D eigenvalue weighted by Gasteiger charge is -2.33. The first-order valence-electron chi connectivity index (χ1n) is 11.9. The molecule has 0 aliphatic heterocycles. The molecule has 0 aliphatic rings. The molecule has 1 N–H and O–H groups in total. The Bertz CT molecular complexity index is 1330. The van der Waals surface area contributed by atoms with Crippen LogP contribution in [0.2, 0.25) is 5.02 Å². The quantitative estimate of drug-likeness (QED) is 0.419. The normalized spacial score (nSPS) is 12.5. The monoisotopic (exact) mass is 541 g/mol. The van der Waals surface area contributed by atoms with E-state index in [1.54, 1.807) is 49.4 Å². The average molecular weight is 542 g/mol. The van der Waals surface area contributed by atoms with Gasteiger partial charge in [-0.15, -0.1) is 0 Å². The number of benzene rings is 3. The largest absolute Gasteiger partial charge is 0.350 e. The standard InChI is InChI=1S/C28H32ClN3O4S/c1-21(27(34)30-28(2,3)4)31(19-22-13-7-5-8-14-22)26(33)20-32(25-18-12-11-17-24(25)29)37(35,36)23-15-9-6-10-16-23/h5-18,21H,19-20H2,1-4H3,(H,30,34)/t21-/m0/s1. The summed E-state index contributed by atoms with van der Waals surface area (Å²) >= 11 is 6.40. The zero-order valence-electron chi connectivity index (χ0n) is 21.4. The smallest absolute Gasteiger partial charge is 0.264 e. The van der Waals surface area contributed by atoms with Gasteiger partial charge in [-0.25, -0.2) is 8.42 Å². The van der Waals surface area contributed by atoms with Crippen LogP contribution in [0.5, 0.6) is 0 Å². The molecule has 0 aromatic heterocycles. The van der Waals surface area contributed by atoms with Gasteiger partial charge >= 0.3 is 0 Å². The number of hydrogen-bond donors (Lipinski definition) is 1. The highest BCUT2D eigenvalue weighted by molar-refractivity contribution is 7.92. The van der Waals surface area contributed by atoms with Crippen molar-refractivity contribution in [2.45, 2.75) is 50.7 Å². The molecule has 3 aromatic rings. The molecule has 3 aromatic carbocycles. The predicted octanol–water partition coefficient (Wildman–Crippen LogP) is 4.87. The van der Waals surface area contributed by atoms with Crippen molar-refractivity contribution < 1.29 is 18.0 Å². The fraction of sp³-hybridized carbons (Fsp3) is 0.286. The van der Waals surface area contributed by atoms with Crippen molar-refractivity contribution in [3.63, 3.8) is 0 Å². The van der Waals surface area contributed by atoms with Crippen LogP contribution in [0.25, 0.3) is 0 Å². The fourth-order valence-corrected chi connectivity index (χ4v) is 5.47. The first-order chi connectivity index (χ1) is 17.4. The molecular formula is C28H32ClN3O4S. The summed E-state index contributed by atoms with van der Waals surface area (Å²) < 4.78 is 28.4. The van der Waals surface area contributed by atoms with Crippen molar-refractivity contribution in [2.75, 3.05) is 10.8 Å². The maximum Gasteiger partial charge on any atom is 0.264 e. The summed E-state index contributed by atoms with van der Waals surface area (Å²) in [5, 5.41) is 3.09. The van der Waals surface area contributed by atoms with E-state index in [0.29, 0.717) is 0 Å². The number of anilines is 1. The number of para-hydroxylation sites is 1. The predicted molar refractivity (Wildman–Crippen MR) is 147 cm³/mol. The van der Waals surface area contributed by atoms with Crippen LogP contribution in [0.1, 0.15) is 33.3 Å². The molecule has 1 atom stereocenters. The maximum absolute atomic E-state index is 13.8. The molecule has 196 valence electrons. The van der Waals surface area contributed by atoms with Crippen molar-refractivity contribution in [1.29, 1.82) is 0 Å². The maximum atomic E-state index is 13.8. The highest BCUT2D eigenvalue weighted by atomic mass is 35.5. The van der Waals surface area contributed by atoms with Gasteiger partial charge in [-0.3, -0.25) is 13.9 Å². The number of rotatable bonds is 9. The minimum atomic E-state index is -4.15. The van der Waals surface area contributed by atoms with Crippen molar-refractivity contribution in [3.8, 4) is 0 Å². The number of halogens is 1. The third kappa shape index (κ3) is 7.33. The molecule has 9 heteroatoms. The second-order valence-electron chi connectivity index (χ2n) is 9.70. The van der Waals surface area contributed by atoms with E-state index in [-0.39, 0.29) is 28.1 Å². The van der Waals surface area contributed by atoms with Crippen LogP contribution in [0.4, 0.5) is 5.69 Å². The van der Waals surface area contributed by atoms with Crippen LogP contribution in [0.3, 0.4) is 0 Å². The van der Waals surface area contributed by atoms with Crippen molar-refractivity contribution in [1.82, 2.24) is 10.2 Å². The van der Waals surface area contributed by atoms with Crippen LogP contribution in [0.15, 0.2) is 89.8 Å². The summed E-state index contributed by atoms with van der Waals surface area (Å²) in [6.45, 7) is 6.78. The number of sulfonamides is 1. The summed E-state index contributed by atoms with van der Waals surface area (Å²) in [7, 11) is -4.15. The first kappa shape index (κ1) is 28.2. The Morgan fingerprint density at radius 3 is 2.00 bits per heavy atom. The third-order valence-electron chi connectivity index (χ3n) is 5.59. The molecule has 0 spiro atoms. The molecule has 0 aliphatic carbocycles. The number of amides is 2. The Hall–Kier alpha value is -3.36. The van der Waals surface area contributed by atoms with Crippen LogP contribution in [-0.4, -0.2) is 43.3 Å². The van der Waals surface area contributed by atoms with Crippen LogP contribution in [0, 0.1) is 0 Å². The molecule has 0 bridgehead atoms. The lowest BCUT2D eigenvalue weighted by molar-refractivity contribution is -0.140. The Balaban J connectivity index is 2.02. The SMILES string of the molecule is C[C@@H](C(=O)NC(C)(C)C)N(Cc1ccccc1)C(=O)CN(c1ccccc1Cl)S(=O)(=O)c1ccccc1. The molecule has 0 heterocycles. The Morgan fingerprint density at radius 1 is 0.892 bits per heavy atom. The summed E-state index contributed by atoms with van der Waals surface area (Å²) in [6.07, 6.45) is 0. The van der Waals surface area contributed by atoms with Gasteiger partial charge in [-0.05, 0) is 57.5 Å². The minimum Gasteiger partial charge on any atom is -0.350 e. The first-order valence-corrected chi connectivity index (χ1v) is 13.7. The number of carbonyl (C=O) groups excluding carboxylic acids is 2. The zero-order valence-corrected chi connectivity index (χ0v) is 23.0. The summed E-state index contributed by atoms with van der Waals surface area (Å²) in [4.78, 5) is 28.3. The van der Waals surface area contributed by atoms with Crippen LogP contribution >= 0.6 is 11.6 Å². The molecule has 0 saturated carbocycles. The van der Waals surface area contributed by atoms with E-state index in [1.807, 2.05) is 51.1 Å². The lowest BCUT2D eigenvalue weighted by Crippen LogP contribution is -2.54. The minimum absolute atomic E-state index is 0.0239. The van der Waals surface area contributed by atoms with Gasteiger partial charge < -0.3 is 10.2 Å². The summed E-state index contributed by atoms with van der Waals surface area (Å²) in [5.41, 5.74) is 0.474. The van der Waals surface area contributed by atoms with E-state index in [2.05, 4.69) is 5.32 Å². The number of hydrogen-bond acceptors (Lipinski definition) is 4. The zero-order chi connectivity index (χ0) is 27.2. The Morgan fingerprint density at radius 2 is 1.43 bits per heavy atom. The molecule has 0 radical (unpaired) electrons. The van der Waals surface area contributed by atoms with Crippen molar-refractivity contribution in [2.24, 2.45) is 0 Å². The van der Waals surface area contributed by atoms with Gasteiger partial charge in [0, 0.05) is 12.1 Å². The number of nitrogens with one attached hydrogen (secondary N) is 1. The average Bonchev–Trinajstić information content (AvgIpc) is 2.86. The van der Waals surface area contributed by atoms with Crippen LogP contribution in [-0.2, 0) is 26.2 Å². The second-order valence-corrected chi connectivity index (χ2v) is 12.0. The van der Waals surface area contributed by atoms with E-state index < -0.39 is 34.1 Å². The van der Waals surface area contributed by atoms with E-state index in [9.17, 15) is 18.0 Å². The van der Waals surface area contributed by atoms with Gasteiger partial charge in [0.25, 0.3) is 10.0 Å². The molecular weight excluding hydrogens is 510 g/mol. The highest BCUT2D eigenvalue weighted by Gasteiger charge is 2.33. The fourth-order valence-electron chi connectivity index (χ4n) is 3.72.